The number of carbonyl (C=O) groups excluding carboxylic acids is 3. The number of rotatable bonds is 8. The standard InChI is InChI=1S/C39H64O8/c1-23(2)22-44-31(41)21-32(42)46-29-14-16-36(8)27(34(29,4)5)13-18-37(9)28(36)20-26(45-24(3)40)33-25(12-17-38(33,37)10)39(11)19-15-30(47-39)35(6,7)43/h23,25-30,33,43H,12-22H2,1-11H3/t25-,26+,27-,28+,29+,30+,33-,36-,37+,38+,39-/m0/s1. The van der Waals surface area contributed by atoms with Crippen LogP contribution in [0.15, 0.2) is 0 Å². The first-order valence-electron chi connectivity index (χ1n) is 18.5. The largest absolute Gasteiger partial charge is 0.465 e. The highest BCUT2D eigenvalue weighted by atomic mass is 16.6. The highest BCUT2D eigenvalue weighted by Gasteiger charge is 2.72. The van der Waals surface area contributed by atoms with Crippen molar-refractivity contribution in [2.24, 2.45) is 51.2 Å². The van der Waals surface area contributed by atoms with Crippen LogP contribution in [0.3, 0.4) is 0 Å². The van der Waals surface area contributed by atoms with E-state index in [-0.39, 0.29) is 75.7 Å². The Balaban J connectivity index is 1.40. The van der Waals surface area contributed by atoms with Gasteiger partial charge in [0.25, 0.3) is 0 Å². The molecule has 4 saturated carbocycles. The van der Waals surface area contributed by atoms with E-state index in [9.17, 15) is 19.5 Å². The first kappa shape index (κ1) is 36.6. The molecule has 0 aromatic heterocycles. The van der Waals surface area contributed by atoms with Gasteiger partial charge in [-0.1, -0.05) is 48.5 Å². The van der Waals surface area contributed by atoms with Gasteiger partial charge >= 0.3 is 17.9 Å². The zero-order chi connectivity index (χ0) is 35.0. The van der Waals surface area contributed by atoms with Gasteiger partial charge in [0.1, 0.15) is 18.6 Å². The van der Waals surface area contributed by atoms with Gasteiger partial charge in [-0.3, -0.25) is 14.4 Å². The molecule has 1 N–H and O–H groups in total. The molecule has 0 bridgehead atoms. The number of hydrogen-bond acceptors (Lipinski definition) is 8. The topological polar surface area (TPSA) is 108 Å². The molecule has 0 radical (unpaired) electrons. The second-order valence-corrected chi connectivity index (χ2v) is 18.7. The maximum Gasteiger partial charge on any atom is 0.317 e. The minimum atomic E-state index is -0.900. The Morgan fingerprint density at radius 2 is 1.51 bits per heavy atom. The van der Waals surface area contributed by atoms with Gasteiger partial charge in [-0.15, -0.1) is 0 Å². The lowest BCUT2D eigenvalue weighted by Gasteiger charge is -2.70. The van der Waals surface area contributed by atoms with Crippen LogP contribution in [-0.4, -0.2) is 59.1 Å². The quantitative estimate of drug-likeness (QED) is 0.163. The lowest BCUT2D eigenvalue weighted by molar-refractivity contribution is -0.254. The average Bonchev–Trinajstić information content (AvgIpc) is 3.53. The van der Waals surface area contributed by atoms with Crippen molar-refractivity contribution in [2.75, 3.05) is 6.61 Å². The van der Waals surface area contributed by atoms with Crippen molar-refractivity contribution in [3.63, 3.8) is 0 Å². The predicted octanol–water partition coefficient (Wildman–Crippen LogP) is 7.42. The van der Waals surface area contributed by atoms with E-state index in [2.05, 4.69) is 41.5 Å². The summed E-state index contributed by atoms with van der Waals surface area (Å²) in [6, 6.07) is 0. The summed E-state index contributed by atoms with van der Waals surface area (Å²) in [6.45, 7) is 23.6. The number of ether oxygens (including phenoxy) is 4. The van der Waals surface area contributed by atoms with Crippen LogP contribution in [0.2, 0.25) is 0 Å². The Morgan fingerprint density at radius 3 is 2.11 bits per heavy atom. The van der Waals surface area contributed by atoms with E-state index in [1.54, 1.807) is 6.92 Å². The Kier molecular flexibility index (Phi) is 9.56. The summed E-state index contributed by atoms with van der Waals surface area (Å²) in [7, 11) is 0. The Morgan fingerprint density at radius 1 is 0.851 bits per heavy atom. The highest BCUT2D eigenvalue weighted by Crippen LogP contribution is 2.76. The van der Waals surface area contributed by atoms with Crippen LogP contribution >= 0.6 is 0 Å². The van der Waals surface area contributed by atoms with Crippen LogP contribution in [0, 0.1) is 51.2 Å². The Labute approximate surface area is 283 Å². The highest BCUT2D eigenvalue weighted by molar-refractivity contribution is 5.91. The first-order valence-corrected chi connectivity index (χ1v) is 18.5. The fraction of sp³-hybridized carbons (Fsp3) is 0.923. The summed E-state index contributed by atoms with van der Waals surface area (Å²) in [6.07, 6.45) is 7.39. The van der Waals surface area contributed by atoms with Gasteiger partial charge in [-0.25, -0.2) is 0 Å². The third-order valence-corrected chi connectivity index (χ3v) is 14.6. The van der Waals surface area contributed by atoms with E-state index in [0.717, 1.165) is 57.8 Å². The fourth-order valence-corrected chi connectivity index (χ4v) is 12.2. The third kappa shape index (κ3) is 6.18. The molecule has 0 spiro atoms. The minimum Gasteiger partial charge on any atom is -0.465 e. The average molecular weight is 661 g/mol. The van der Waals surface area contributed by atoms with E-state index in [1.165, 1.54) is 0 Å². The van der Waals surface area contributed by atoms with Crippen molar-refractivity contribution < 1.29 is 38.4 Å². The van der Waals surface area contributed by atoms with Gasteiger partial charge < -0.3 is 24.1 Å². The maximum absolute atomic E-state index is 12.9. The van der Waals surface area contributed by atoms with Gasteiger partial charge in [0.05, 0.1) is 23.9 Å². The molecule has 0 amide bonds. The molecule has 8 nitrogen and oxygen atoms in total. The monoisotopic (exact) mass is 660 g/mol. The second kappa shape index (κ2) is 12.3. The van der Waals surface area contributed by atoms with E-state index in [4.69, 9.17) is 18.9 Å². The molecule has 11 atom stereocenters. The lowest BCUT2D eigenvalue weighted by Crippen LogP contribution is -2.67. The fourth-order valence-electron chi connectivity index (χ4n) is 12.2. The third-order valence-electron chi connectivity index (χ3n) is 14.6. The Hall–Kier alpha value is -1.67. The molecule has 47 heavy (non-hydrogen) atoms. The van der Waals surface area contributed by atoms with Crippen molar-refractivity contribution >= 4 is 17.9 Å². The molecule has 4 aliphatic carbocycles. The zero-order valence-electron chi connectivity index (χ0n) is 31.2. The van der Waals surface area contributed by atoms with Crippen molar-refractivity contribution in [3.8, 4) is 0 Å². The Bertz CT molecular complexity index is 1220. The lowest BCUT2D eigenvalue weighted by atomic mass is 9.35. The normalized spacial score (nSPS) is 44.2. The summed E-state index contributed by atoms with van der Waals surface area (Å²) in [4.78, 5) is 37.9. The van der Waals surface area contributed by atoms with Gasteiger partial charge in [-0.05, 0) is 118 Å². The molecule has 0 aromatic rings. The van der Waals surface area contributed by atoms with Crippen LogP contribution in [-0.2, 0) is 33.3 Å². The minimum absolute atomic E-state index is 0.0279. The van der Waals surface area contributed by atoms with Gasteiger partial charge in [0.2, 0.25) is 0 Å². The van der Waals surface area contributed by atoms with Crippen LogP contribution in [0.1, 0.15) is 140 Å². The van der Waals surface area contributed by atoms with Crippen molar-refractivity contribution in [1.82, 2.24) is 0 Å². The molecule has 1 aliphatic heterocycles. The number of hydrogen-bond donors (Lipinski definition) is 1. The molecule has 5 rings (SSSR count). The summed E-state index contributed by atoms with van der Waals surface area (Å²) in [5, 5.41) is 10.8. The van der Waals surface area contributed by atoms with E-state index < -0.39 is 17.5 Å². The summed E-state index contributed by atoms with van der Waals surface area (Å²) in [5.41, 5.74) is -1.59. The number of carbonyl (C=O) groups is 3. The van der Waals surface area contributed by atoms with Gasteiger partial charge in [0, 0.05) is 18.3 Å². The molecular formula is C39H64O8. The zero-order valence-corrected chi connectivity index (χ0v) is 31.2. The van der Waals surface area contributed by atoms with Gasteiger partial charge in [-0.2, -0.15) is 0 Å². The smallest absolute Gasteiger partial charge is 0.317 e. The maximum atomic E-state index is 12.9. The van der Waals surface area contributed by atoms with Crippen molar-refractivity contribution in [1.29, 1.82) is 0 Å². The van der Waals surface area contributed by atoms with Gasteiger partial charge in [0.15, 0.2) is 0 Å². The van der Waals surface area contributed by atoms with Crippen LogP contribution in [0.25, 0.3) is 0 Å². The predicted molar refractivity (Wildman–Crippen MR) is 179 cm³/mol. The van der Waals surface area contributed by atoms with Crippen molar-refractivity contribution in [3.05, 3.63) is 0 Å². The first-order chi connectivity index (χ1) is 21.6. The number of aliphatic hydroxyl groups is 1. The van der Waals surface area contributed by atoms with E-state index in [0.29, 0.717) is 18.4 Å². The molecule has 268 valence electrons. The van der Waals surface area contributed by atoms with Crippen LogP contribution in [0.4, 0.5) is 0 Å². The molecule has 8 heteroatoms. The van der Waals surface area contributed by atoms with E-state index in [1.807, 2.05) is 27.7 Å². The molecular weight excluding hydrogens is 596 g/mol. The summed E-state index contributed by atoms with van der Waals surface area (Å²) in [5.74, 6) is 0.0201. The van der Waals surface area contributed by atoms with Crippen molar-refractivity contribution in [2.45, 2.75) is 170 Å². The molecule has 5 fully saturated rings. The number of esters is 3. The number of fused-ring (bicyclic) bond motifs is 5. The summed E-state index contributed by atoms with van der Waals surface area (Å²) >= 11 is 0. The molecule has 0 unspecified atom stereocenters. The molecule has 1 saturated heterocycles. The summed E-state index contributed by atoms with van der Waals surface area (Å²) < 4.78 is 24.5. The molecule has 0 aromatic carbocycles. The second-order valence-electron chi connectivity index (χ2n) is 18.7. The van der Waals surface area contributed by atoms with Crippen LogP contribution in [0.5, 0.6) is 0 Å². The SMILES string of the molecule is CC(=O)O[C@@H]1C[C@@H]2[C@@]3(C)CC[C@@H](OC(=O)CC(=O)OCC(C)C)C(C)(C)[C@@H]3CC[C@@]2(C)[C@]2(C)CC[C@H]([C@]3(C)CC[C@H](C(C)(C)O)O3)[C@@H]12. The molecule has 5 aliphatic rings. The van der Waals surface area contributed by atoms with E-state index >= 15 is 0 Å². The van der Waals surface area contributed by atoms with Crippen LogP contribution < -0.4 is 0 Å². The molecule has 1 heterocycles.